The lowest BCUT2D eigenvalue weighted by molar-refractivity contribution is -0.162. The summed E-state index contributed by atoms with van der Waals surface area (Å²) in [7, 11) is 0. The van der Waals surface area contributed by atoms with Gasteiger partial charge in [0.1, 0.15) is 16.6 Å². The maximum absolute atomic E-state index is 13.7. The van der Waals surface area contributed by atoms with Crippen LogP contribution in [0.5, 0.6) is 0 Å². The Morgan fingerprint density at radius 1 is 1.14 bits per heavy atom. The number of aromatic nitrogens is 6. The summed E-state index contributed by atoms with van der Waals surface area (Å²) in [6, 6.07) is 7.51. The van der Waals surface area contributed by atoms with Crippen molar-refractivity contribution in [3.63, 3.8) is 0 Å². The number of rotatable bonds is 5. The summed E-state index contributed by atoms with van der Waals surface area (Å²) < 4.78 is 44.0. The first kappa shape index (κ1) is 22.7. The van der Waals surface area contributed by atoms with Crippen LogP contribution in [0.1, 0.15) is 36.7 Å². The molecule has 2 aliphatic rings. The van der Waals surface area contributed by atoms with Gasteiger partial charge in [-0.1, -0.05) is 6.07 Å². The highest BCUT2D eigenvalue weighted by atomic mass is 19.4. The first-order valence-corrected chi connectivity index (χ1v) is 11.8. The van der Waals surface area contributed by atoms with Gasteiger partial charge in [-0.05, 0) is 56.0 Å². The molecule has 1 fully saturated rings. The van der Waals surface area contributed by atoms with Crippen molar-refractivity contribution in [1.29, 1.82) is 0 Å². The highest BCUT2D eigenvalue weighted by molar-refractivity contribution is 5.77. The molecule has 9 nitrogen and oxygen atoms in total. The first-order chi connectivity index (χ1) is 17.3. The molecule has 0 unspecified atom stereocenters. The summed E-state index contributed by atoms with van der Waals surface area (Å²) in [5.74, 6) is 0.123. The molecule has 4 heterocycles. The fourth-order valence-electron chi connectivity index (χ4n) is 4.75. The minimum atomic E-state index is -4.45. The van der Waals surface area contributed by atoms with Gasteiger partial charge in [0.05, 0.1) is 0 Å². The Morgan fingerprint density at radius 2 is 1.97 bits per heavy atom. The largest absolute Gasteiger partial charge is 0.401 e. The fourth-order valence-corrected chi connectivity index (χ4v) is 4.75. The minimum absolute atomic E-state index is 0.0555. The third-order valence-electron chi connectivity index (χ3n) is 6.90. The molecule has 6 rings (SSSR count). The summed E-state index contributed by atoms with van der Waals surface area (Å²) in [6.07, 6.45) is -0.918. The van der Waals surface area contributed by atoms with Gasteiger partial charge < -0.3 is 10.6 Å². The van der Waals surface area contributed by atoms with Gasteiger partial charge in [-0.2, -0.15) is 18.2 Å². The van der Waals surface area contributed by atoms with Crippen molar-refractivity contribution in [2.75, 3.05) is 11.9 Å². The van der Waals surface area contributed by atoms with Crippen LogP contribution in [0.4, 0.5) is 24.8 Å². The van der Waals surface area contributed by atoms with Crippen molar-refractivity contribution in [2.45, 2.75) is 50.9 Å². The molecule has 1 aliphatic carbocycles. The van der Waals surface area contributed by atoms with Crippen molar-refractivity contribution in [1.82, 2.24) is 34.6 Å². The van der Waals surface area contributed by atoms with Crippen LogP contribution in [0.2, 0.25) is 0 Å². The van der Waals surface area contributed by atoms with Crippen LogP contribution in [0.15, 0.2) is 41.5 Å². The van der Waals surface area contributed by atoms with Crippen LogP contribution in [0.25, 0.3) is 16.9 Å². The van der Waals surface area contributed by atoms with E-state index in [-0.39, 0.29) is 53.6 Å². The molecule has 12 heteroatoms. The van der Waals surface area contributed by atoms with Gasteiger partial charge in [0.2, 0.25) is 5.95 Å². The van der Waals surface area contributed by atoms with Crippen LogP contribution in [-0.4, -0.2) is 42.0 Å². The van der Waals surface area contributed by atoms with Crippen molar-refractivity contribution in [3.8, 4) is 5.82 Å². The smallest absolute Gasteiger partial charge is 0.324 e. The second-order valence-corrected chi connectivity index (χ2v) is 9.12. The maximum Gasteiger partial charge on any atom is 0.401 e. The molecule has 1 aromatic carbocycles. The molecule has 0 spiro atoms. The number of alkyl halides is 3. The third kappa shape index (κ3) is 3.55. The molecule has 0 saturated heterocycles. The van der Waals surface area contributed by atoms with Gasteiger partial charge in [0.15, 0.2) is 11.5 Å². The van der Waals surface area contributed by atoms with Gasteiger partial charge in [-0.3, -0.25) is 4.79 Å². The Balaban J connectivity index is 1.43. The van der Waals surface area contributed by atoms with Crippen molar-refractivity contribution in [3.05, 3.63) is 64.0 Å². The zero-order chi connectivity index (χ0) is 25.1. The van der Waals surface area contributed by atoms with E-state index in [4.69, 9.17) is 0 Å². The second-order valence-electron chi connectivity index (χ2n) is 9.12. The van der Waals surface area contributed by atoms with E-state index in [1.807, 2.05) is 12.1 Å². The molecule has 4 aromatic rings. The summed E-state index contributed by atoms with van der Waals surface area (Å²) in [4.78, 5) is 30.1. The van der Waals surface area contributed by atoms with Crippen molar-refractivity contribution in [2.24, 2.45) is 0 Å². The maximum atomic E-state index is 13.7. The molecule has 1 aliphatic heterocycles. The van der Waals surface area contributed by atoms with Crippen molar-refractivity contribution >= 4 is 22.7 Å². The number of nitrogens with zero attached hydrogens (tertiary/aromatic N) is 6. The lowest BCUT2D eigenvalue weighted by atomic mass is 10.0. The molecule has 0 bridgehead atoms. The van der Waals surface area contributed by atoms with E-state index in [2.05, 4.69) is 36.6 Å². The number of nitrogens with one attached hydrogen (secondary N) is 2. The van der Waals surface area contributed by atoms with Crippen LogP contribution in [0, 0.1) is 0 Å². The van der Waals surface area contributed by atoms with E-state index in [0.717, 1.165) is 25.2 Å². The molecular weight excluding hydrogens is 473 g/mol. The topological polar surface area (TPSA) is 103 Å². The molecule has 0 atom stereocenters. The van der Waals surface area contributed by atoms with E-state index in [9.17, 15) is 18.0 Å². The summed E-state index contributed by atoms with van der Waals surface area (Å²) in [5, 5.41) is 6.77. The first-order valence-electron chi connectivity index (χ1n) is 11.8. The highest BCUT2D eigenvalue weighted by Gasteiger charge is 2.66. The molecule has 2 N–H and O–H groups in total. The van der Waals surface area contributed by atoms with Gasteiger partial charge >= 0.3 is 6.18 Å². The van der Waals surface area contributed by atoms with Gasteiger partial charge in [-0.25, -0.2) is 24.3 Å². The Bertz CT molecular complexity index is 1540. The summed E-state index contributed by atoms with van der Waals surface area (Å²) in [5.41, 5.74) is 1.15. The van der Waals surface area contributed by atoms with Crippen molar-refractivity contribution < 1.29 is 13.2 Å². The quantitative estimate of drug-likeness (QED) is 0.437. The average molecular weight is 496 g/mol. The molecule has 36 heavy (non-hydrogen) atoms. The van der Waals surface area contributed by atoms with E-state index in [1.165, 1.54) is 39.0 Å². The minimum Gasteiger partial charge on any atom is -0.324 e. The normalized spacial score (nSPS) is 16.7. The number of anilines is 2. The third-order valence-corrected chi connectivity index (χ3v) is 6.90. The predicted molar refractivity (Wildman–Crippen MR) is 126 cm³/mol. The summed E-state index contributed by atoms with van der Waals surface area (Å²) in [6.45, 7) is 3.77. The number of benzene rings is 1. The van der Waals surface area contributed by atoms with Crippen LogP contribution < -0.4 is 16.2 Å². The van der Waals surface area contributed by atoms with E-state index in [1.54, 1.807) is 6.92 Å². The zero-order valence-corrected chi connectivity index (χ0v) is 19.4. The molecule has 186 valence electrons. The molecule has 3 aromatic heterocycles. The number of hydrogen-bond acceptors (Lipinski definition) is 7. The fraction of sp³-hybridized carbons (Fsp3) is 0.375. The zero-order valence-electron chi connectivity index (χ0n) is 19.4. The lowest BCUT2D eigenvalue weighted by Crippen LogP contribution is -2.31. The molecule has 0 amide bonds. The van der Waals surface area contributed by atoms with E-state index < -0.39 is 11.6 Å². The summed E-state index contributed by atoms with van der Waals surface area (Å²) >= 11 is 0. The van der Waals surface area contributed by atoms with E-state index in [0.29, 0.717) is 0 Å². The van der Waals surface area contributed by atoms with Crippen LogP contribution in [-0.2, 0) is 24.9 Å². The Kier molecular flexibility index (Phi) is 5.11. The number of fused-ring (bicyclic) bond motifs is 2. The average Bonchev–Trinajstić information content (AvgIpc) is 3.65. The lowest BCUT2D eigenvalue weighted by Gasteiger charge is -2.19. The van der Waals surface area contributed by atoms with Crippen LogP contribution >= 0.6 is 0 Å². The van der Waals surface area contributed by atoms with Gasteiger partial charge in [-0.15, -0.1) is 0 Å². The monoisotopic (exact) mass is 496 g/mol. The second kappa shape index (κ2) is 8.12. The Hall–Kier alpha value is -3.80. The predicted octanol–water partition coefficient (Wildman–Crippen LogP) is 3.38. The van der Waals surface area contributed by atoms with Gasteiger partial charge in [0.25, 0.3) is 5.56 Å². The van der Waals surface area contributed by atoms with Crippen LogP contribution in [0.3, 0.4) is 0 Å². The highest BCUT2D eigenvalue weighted by Crippen LogP contribution is 2.57. The Labute approximate surface area is 203 Å². The molecular formula is C24H23F3N8O. The standard InChI is InChI=1S/C24H23F3N8O/c1-2-34-20(36)17-13-30-22(31-16-4-3-15-12-28-9-5-14(15)11-16)33-19(17)35(34)18-6-10-29-21(32-18)23(7-8-23)24(25,26)27/h3-4,6,10-11,13,28H,2,5,7-9,12H2,1H3,(H,30,31,33). The molecule has 0 radical (unpaired) electrons. The van der Waals surface area contributed by atoms with E-state index >= 15 is 0 Å². The SMILES string of the molecule is CCn1c(=O)c2cnc(Nc3ccc4c(c3)CCNC4)nc2n1-c1ccnc(C2(C(F)(F)F)CC2)n1. The Morgan fingerprint density at radius 3 is 2.72 bits per heavy atom. The van der Waals surface area contributed by atoms with Gasteiger partial charge in [0, 0.05) is 37.2 Å². The molecule has 1 saturated carbocycles. The number of hydrogen-bond donors (Lipinski definition) is 2. The number of halogens is 3.